The minimum Gasteiger partial charge on any atom is -0.444 e. The van der Waals surface area contributed by atoms with Crippen LogP contribution in [0.1, 0.15) is 37.5 Å². The number of nitrogens with zero attached hydrogens (tertiary/aromatic N) is 5. The molecule has 2 aliphatic heterocycles. The van der Waals surface area contributed by atoms with Gasteiger partial charge in [0.2, 0.25) is 6.35 Å². The molecule has 11 nitrogen and oxygen atoms in total. The Morgan fingerprint density at radius 3 is 2.71 bits per heavy atom. The van der Waals surface area contributed by atoms with Crippen molar-refractivity contribution in [3.63, 3.8) is 0 Å². The molecule has 38 heavy (non-hydrogen) atoms. The van der Waals surface area contributed by atoms with Gasteiger partial charge in [0.15, 0.2) is 11.5 Å². The average molecular weight is 518 g/mol. The molecule has 0 bridgehead atoms. The number of aromatic nitrogens is 2. The molecule has 0 radical (unpaired) electrons. The second kappa shape index (κ2) is 9.56. The van der Waals surface area contributed by atoms with E-state index in [0.29, 0.717) is 18.8 Å². The van der Waals surface area contributed by atoms with Gasteiger partial charge in [-0.15, -0.1) is 0 Å². The SMILES string of the molecule is Cc1cc2c(cc1C)N(CCN(Cc1ccc3nc[nH]c3c1)C(=O)OC(C)(C)C)C1=NC(O)NC(=O)C1=N2. The summed E-state index contributed by atoms with van der Waals surface area (Å²) in [5, 5.41) is 12.5. The molecule has 1 aromatic heterocycles. The third-order valence-corrected chi connectivity index (χ3v) is 6.40. The van der Waals surface area contributed by atoms with Crippen molar-refractivity contribution in [3.05, 3.63) is 53.3 Å². The fourth-order valence-electron chi connectivity index (χ4n) is 4.43. The van der Waals surface area contributed by atoms with Crippen LogP contribution in [0, 0.1) is 13.8 Å². The van der Waals surface area contributed by atoms with Crippen molar-refractivity contribution >= 4 is 46.0 Å². The number of ether oxygens (including phenoxy) is 1. The van der Waals surface area contributed by atoms with Crippen LogP contribution < -0.4 is 10.2 Å². The third-order valence-electron chi connectivity index (χ3n) is 6.40. The highest BCUT2D eigenvalue weighted by molar-refractivity contribution is 6.70. The highest BCUT2D eigenvalue weighted by atomic mass is 16.6. The molecule has 11 heteroatoms. The van der Waals surface area contributed by atoms with Crippen LogP contribution in [0.2, 0.25) is 0 Å². The topological polar surface area (TPSA) is 136 Å². The van der Waals surface area contributed by atoms with Crippen LogP contribution >= 0.6 is 0 Å². The van der Waals surface area contributed by atoms with E-state index in [1.165, 1.54) is 0 Å². The molecule has 0 fully saturated rings. The maximum Gasteiger partial charge on any atom is 0.410 e. The number of aromatic amines is 1. The third kappa shape index (κ3) is 5.10. The maximum absolute atomic E-state index is 13.3. The van der Waals surface area contributed by atoms with Crippen molar-refractivity contribution in [2.45, 2.75) is 53.1 Å². The molecule has 2 amide bonds. The van der Waals surface area contributed by atoms with E-state index in [9.17, 15) is 14.7 Å². The summed E-state index contributed by atoms with van der Waals surface area (Å²) in [4.78, 5) is 45.6. The van der Waals surface area contributed by atoms with Crippen LogP contribution in [0.25, 0.3) is 11.0 Å². The Bertz CT molecular complexity index is 1480. The molecule has 0 aliphatic carbocycles. The number of carbonyl (C=O) groups is 2. The van der Waals surface area contributed by atoms with Crippen LogP contribution in [0.5, 0.6) is 0 Å². The molecule has 1 unspecified atom stereocenters. The summed E-state index contributed by atoms with van der Waals surface area (Å²) < 4.78 is 5.72. The van der Waals surface area contributed by atoms with E-state index >= 15 is 0 Å². The van der Waals surface area contributed by atoms with Gasteiger partial charge in [-0.3, -0.25) is 4.79 Å². The summed E-state index contributed by atoms with van der Waals surface area (Å²) in [5.41, 5.74) is 5.53. The standard InChI is InChI=1S/C27H31N7O4/c1-15-10-20-21(11-16(15)2)34(23-22(30-20)24(35)32-25(36)31-23)9-8-33(26(37)38-27(3,4)5)13-17-6-7-18-19(12-17)29-14-28-18/h6-7,10-12,14,25,36H,8-9,13H2,1-5H3,(H,28,29)(H,32,35). The van der Waals surface area contributed by atoms with Gasteiger partial charge in [-0.1, -0.05) is 6.07 Å². The molecule has 0 saturated heterocycles. The first-order chi connectivity index (χ1) is 18.0. The summed E-state index contributed by atoms with van der Waals surface area (Å²) in [7, 11) is 0. The average Bonchev–Trinajstić information content (AvgIpc) is 3.29. The normalized spacial score (nSPS) is 16.8. The predicted molar refractivity (Wildman–Crippen MR) is 145 cm³/mol. The number of nitrogens with one attached hydrogen (secondary N) is 2. The number of amides is 2. The summed E-state index contributed by atoms with van der Waals surface area (Å²) >= 11 is 0. The molecule has 198 valence electrons. The van der Waals surface area contributed by atoms with Crippen molar-refractivity contribution in [1.29, 1.82) is 0 Å². The number of aliphatic imine (C=N–C) groups is 2. The number of fused-ring (bicyclic) bond motifs is 3. The number of aryl methyl sites for hydroxylation is 2. The molecule has 3 heterocycles. The van der Waals surface area contributed by atoms with Crippen molar-refractivity contribution in [2.75, 3.05) is 18.0 Å². The van der Waals surface area contributed by atoms with Gasteiger partial charge in [0.1, 0.15) is 5.60 Å². The largest absolute Gasteiger partial charge is 0.444 e. The van der Waals surface area contributed by atoms with E-state index in [1.54, 1.807) is 11.2 Å². The van der Waals surface area contributed by atoms with Gasteiger partial charge in [0.25, 0.3) is 5.91 Å². The van der Waals surface area contributed by atoms with E-state index in [-0.39, 0.29) is 18.1 Å². The van der Waals surface area contributed by atoms with Gasteiger partial charge in [-0.05, 0) is 75.6 Å². The second-order valence-corrected chi connectivity index (χ2v) is 10.5. The number of aliphatic hydroxyl groups excluding tert-OH is 1. The highest BCUT2D eigenvalue weighted by Crippen LogP contribution is 2.36. The van der Waals surface area contributed by atoms with E-state index in [0.717, 1.165) is 33.4 Å². The van der Waals surface area contributed by atoms with Crippen molar-refractivity contribution in [3.8, 4) is 0 Å². The fourth-order valence-corrected chi connectivity index (χ4v) is 4.43. The molecular weight excluding hydrogens is 486 g/mol. The molecule has 1 atom stereocenters. The van der Waals surface area contributed by atoms with E-state index in [1.807, 2.05) is 69.9 Å². The Hall–Kier alpha value is -4.25. The number of amidine groups is 1. The number of rotatable bonds is 5. The van der Waals surface area contributed by atoms with Gasteiger partial charge in [-0.25, -0.2) is 19.8 Å². The maximum atomic E-state index is 13.3. The first-order valence-corrected chi connectivity index (χ1v) is 12.4. The molecule has 2 aromatic carbocycles. The Balaban J connectivity index is 1.48. The predicted octanol–water partition coefficient (Wildman–Crippen LogP) is 3.31. The van der Waals surface area contributed by atoms with Crippen LogP contribution in [-0.4, -0.2) is 68.6 Å². The Morgan fingerprint density at radius 1 is 1.18 bits per heavy atom. The zero-order chi connectivity index (χ0) is 27.2. The van der Waals surface area contributed by atoms with Crippen LogP contribution in [0.4, 0.5) is 16.2 Å². The lowest BCUT2D eigenvalue weighted by molar-refractivity contribution is -0.117. The smallest absolute Gasteiger partial charge is 0.410 e. The van der Waals surface area contributed by atoms with E-state index in [4.69, 9.17) is 4.74 Å². The first-order valence-electron chi connectivity index (χ1n) is 12.4. The van der Waals surface area contributed by atoms with Gasteiger partial charge < -0.3 is 29.9 Å². The van der Waals surface area contributed by atoms with Crippen LogP contribution in [0.15, 0.2) is 46.6 Å². The number of carbonyl (C=O) groups excluding carboxylic acids is 2. The fraction of sp³-hybridized carbons (Fsp3) is 0.370. The van der Waals surface area contributed by atoms with Crippen molar-refractivity contribution < 1.29 is 19.4 Å². The zero-order valence-electron chi connectivity index (χ0n) is 22.1. The van der Waals surface area contributed by atoms with Gasteiger partial charge in [0.05, 0.1) is 28.7 Å². The first kappa shape index (κ1) is 25.4. The lowest BCUT2D eigenvalue weighted by Gasteiger charge is -2.36. The second-order valence-electron chi connectivity index (χ2n) is 10.5. The summed E-state index contributed by atoms with van der Waals surface area (Å²) in [6.45, 7) is 10.3. The molecule has 3 aromatic rings. The van der Waals surface area contributed by atoms with Crippen molar-refractivity contribution in [2.24, 2.45) is 9.98 Å². The lowest BCUT2D eigenvalue weighted by Crippen LogP contribution is -2.55. The monoisotopic (exact) mass is 517 g/mol. The zero-order valence-corrected chi connectivity index (χ0v) is 22.1. The summed E-state index contributed by atoms with van der Waals surface area (Å²) in [5.74, 6) is -0.242. The van der Waals surface area contributed by atoms with Crippen LogP contribution in [-0.2, 0) is 16.1 Å². The highest BCUT2D eigenvalue weighted by Gasteiger charge is 2.36. The van der Waals surface area contributed by atoms with Gasteiger partial charge in [-0.2, -0.15) is 0 Å². The lowest BCUT2D eigenvalue weighted by atomic mass is 10.0. The quantitative estimate of drug-likeness (QED) is 0.475. The number of hydrogen-bond acceptors (Lipinski definition) is 8. The van der Waals surface area contributed by atoms with Gasteiger partial charge in [0, 0.05) is 19.6 Å². The number of anilines is 1. The minimum absolute atomic E-state index is 0.125. The Morgan fingerprint density at radius 2 is 1.95 bits per heavy atom. The molecule has 5 rings (SSSR count). The van der Waals surface area contributed by atoms with Gasteiger partial charge >= 0.3 is 6.09 Å². The molecule has 0 spiro atoms. The molecular formula is C27H31N7O4. The molecule has 3 N–H and O–H groups in total. The molecule has 2 aliphatic rings. The number of aliphatic hydroxyl groups is 1. The Kier molecular flexibility index (Phi) is 6.39. The number of H-pyrrole nitrogens is 1. The van der Waals surface area contributed by atoms with E-state index in [2.05, 4.69) is 25.3 Å². The Labute approximate surface area is 220 Å². The number of hydrogen-bond donors (Lipinski definition) is 3. The van der Waals surface area contributed by atoms with E-state index < -0.39 is 24.0 Å². The summed E-state index contributed by atoms with van der Waals surface area (Å²) in [6.07, 6.45) is -0.210. The number of benzene rings is 2. The van der Waals surface area contributed by atoms with Crippen LogP contribution in [0.3, 0.4) is 0 Å². The minimum atomic E-state index is -1.38. The molecule has 0 saturated carbocycles. The number of imidazole rings is 1. The summed E-state index contributed by atoms with van der Waals surface area (Å²) in [6, 6.07) is 9.69. The van der Waals surface area contributed by atoms with Crippen molar-refractivity contribution in [1.82, 2.24) is 20.2 Å².